The summed E-state index contributed by atoms with van der Waals surface area (Å²) >= 11 is 12.6. The van der Waals surface area contributed by atoms with E-state index in [1.54, 1.807) is 12.1 Å². The van der Waals surface area contributed by atoms with Gasteiger partial charge in [0, 0.05) is 19.0 Å². The van der Waals surface area contributed by atoms with Gasteiger partial charge in [0.25, 0.3) is 10.0 Å². The Morgan fingerprint density at radius 3 is 2.15 bits per heavy atom. The van der Waals surface area contributed by atoms with E-state index in [4.69, 9.17) is 23.2 Å². The molecule has 1 aliphatic carbocycles. The fraction of sp³-hybridized carbons (Fsp3) is 0.316. The molecule has 1 atom stereocenters. The summed E-state index contributed by atoms with van der Waals surface area (Å²) in [5.74, 6) is -0.785. The van der Waals surface area contributed by atoms with Gasteiger partial charge < -0.3 is 10.2 Å². The summed E-state index contributed by atoms with van der Waals surface area (Å²) in [5, 5.41) is 3.64. The molecule has 252 valence electrons. The van der Waals surface area contributed by atoms with E-state index in [2.05, 4.69) is 5.32 Å². The molecular weight excluding hydrogens is 665 g/mol. The summed E-state index contributed by atoms with van der Waals surface area (Å²) in [7, 11) is -4.25. The van der Waals surface area contributed by atoms with Gasteiger partial charge in [0.1, 0.15) is 12.6 Å². The average Bonchev–Trinajstić information content (AvgIpc) is 3.07. The number of sulfonamides is 1. The molecule has 1 aliphatic rings. The fourth-order valence-corrected chi connectivity index (χ4v) is 7.81. The van der Waals surface area contributed by atoms with Crippen LogP contribution in [-0.2, 0) is 32.6 Å². The van der Waals surface area contributed by atoms with Gasteiger partial charge in [-0.25, -0.2) is 8.42 Å². The van der Waals surface area contributed by atoms with Crippen molar-refractivity contribution >= 4 is 50.7 Å². The second-order valence-electron chi connectivity index (χ2n) is 12.5. The molecule has 1 fully saturated rings. The monoisotopic (exact) mass is 705 g/mol. The lowest BCUT2D eigenvalue weighted by Gasteiger charge is -2.35. The van der Waals surface area contributed by atoms with E-state index >= 15 is 0 Å². The van der Waals surface area contributed by atoms with Crippen molar-refractivity contribution in [1.82, 2.24) is 10.2 Å². The summed E-state index contributed by atoms with van der Waals surface area (Å²) in [5.41, 5.74) is 3.79. The van der Waals surface area contributed by atoms with Crippen molar-refractivity contribution in [3.63, 3.8) is 0 Å². The van der Waals surface area contributed by atoms with Gasteiger partial charge in [-0.1, -0.05) is 120 Å². The van der Waals surface area contributed by atoms with E-state index in [9.17, 15) is 18.0 Å². The van der Waals surface area contributed by atoms with Crippen LogP contribution in [0.2, 0.25) is 10.0 Å². The van der Waals surface area contributed by atoms with Crippen LogP contribution in [-0.4, -0.2) is 43.8 Å². The Balaban J connectivity index is 1.58. The van der Waals surface area contributed by atoms with Crippen LogP contribution in [0.3, 0.4) is 0 Å². The molecule has 7 nitrogen and oxygen atoms in total. The van der Waals surface area contributed by atoms with Crippen LogP contribution in [0.5, 0.6) is 0 Å². The predicted octanol–water partition coefficient (Wildman–Crippen LogP) is 7.89. The number of hydrogen-bond acceptors (Lipinski definition) is 4. The summed E-state index contributed by atoms with van der Waals surface area (Å²) in [6.07, 6.45) is 5.24. The van der Waals surface area contributed by atoms with Crippen LogP contribution >= 0.6 is 23.2 Å². The van der Waals surface area contributed by atoms with E-state index in [-0.39, 0.29) is 45.5 Å². The highest BCUT2D eigenvalue weighted by Crippen LogP contribution is 2.31. The Hall–Kier alpha value is -3.85. The zero-order valence-electron chi connectivity index (χ0n) is 27.2. The first-order chi connectivity index (χ1) is 23.0. The fourth-order valence-electron chi connectivity index (χ4n) is 6.11. The number of rotatable bonds is 12. The maximum absolute atomic E-state index is 14.7. The van der Waals surface area contributed by atoms with Gasteiger partial charge in [-0.2, -0.15) is 0 Å². The van der Waals surface area contributed by atoms with Crippen molar-refractivity contribution < 1.29 is 18.0 Å². The third kappa shape index (κ3) is 8.98. The summed E-state index contributed by atoms with van der Waals surface area (Å²) in [6, 6.07) is 27.3. The zero-order valence-corrected chi connectivity index (χ0v) is 29.6. The molecule has 2 amide bonds. The number of benzene rings is 4. The maximum atomic E-state index is 14.7. The molecule has 0 heterocycles. The minimum absolute atomic E-state index is 0.0214. The van der Waals surface area contributed by atoms with Crippen molar-refractivity contribution in [3.8, 4) is 0 Å². The quantitative estimate of drug-likeness (QED) is 0.162. The predicted molar refractivity (Wildman–Crippen MR) is 193 cm³/mol. The largest absolute Gasteiger partial charge is 0.352 e. The van der Waals surface area contributed by atoms with Gasteiger partial charge in [0.2, 0.25) is 11.8 Å². The second-order valence-corrected chi connectivity index (χ2v) is 15.2. The van der Waals surface area contributed by atoms with E-state index in [1.807, 2.05) is 68.4 Å². The molecular formula is C38H41Cl2N3O4S. The van der Waals surface area contributed by atoms with Crippen LogP contribution in [0.25, 0.3) is 0 Å². The number of hydrogen-bond donors (Lipinski definition) is 1. The number of aryl methyl sites for hydroxylation is 2. The summed E-state index contributed by atoms with van der Waals surface area (Å²) in [4.78, 5) is 30.5. The lowest BCUT2D eigenvalue weighted by molar-refractivity contribution is -0.140. The Kier molecular flexibility index (Phi) is 11.8. The first kappa shape index (κ1) is 35.5. The Bertz CT molecular complexity index is 1830. The Labute approximate surface area is 293 Å². The normalized spacial score (nSPS) is 14.2. The van der Waals surface area contributed by atoms with Crippen LogP contribution in [0.1, 0.15) is 54.4 Å². The number of nitrogens with one attached hydrogen (secondary N) is 1. The number of amides is 2. The molecule has 4 aromatic rings. The van der Waals surface area contributed by atoms with Crippen LogP contribution < -0.4 is 9.62 Å². The molecule has 0 bridgehead atoms. The van der Waals surface area contributed by atoms with Gasteiger partial charge in [-0.3, -0.25) is 13.9 Å². The number of halogens is 2. The molecule has 5 rings (SSSR count). The Morgan fingerprint density at radius 2 is 1.48 bits per heavy atom. The summed E-state index contributed by atoms with van der Waals surface area (Å²) < 4.78 is 29.6. The van der Waals surface area contributed by atoms with E-state index < -0.39 is 28.5 Å². The van der Waals surface area contributed by atoms with Crippen molar-refractivity contribution in [3.05, 3.63) is 129 Å². The molecule has 48 heavy (non-hydrogen) atoms. The van der Waals surface area contributed by atoms with Crippen molar-refractivity contribution in [2.75, 3.05) is 10.8 Å². The number of carbonyl (C=O) groups excluding carboxylic acids is 2. The van der Waals surface area contributed by atoms with Crippen molar-refractivity contribution in [1.29, 1.82) is 0 Å². The topological polar surface area (TPSA) is 86.8 Å². The lowest BCUT2D eigenvalue weighted by atomic mass is 9.94. The van der Waals surface area contributed by atoms with Crippen molar-refractivity contribution in [2.45, 2.75) is 75.9 Å². The van der Waals surface area contributed by atoms with Gasteiger partial charge in [0.15, 0.2) is 0 Å². The van der Waals surface area contributed by atoms with Gasteiger partial charge in [-0.15, -0.1) is 0 Å². The first-order valence-corrected chi connectivity index (χ1v) is 18.4. The third-order valence-corrected chi connectivity index (χ3v) is 11.3. The minimum Gasteiger partial charge on any atom is -0.352 e. The third-order valence-electron chi connectivity index (χ3n) is 8.74. The molecule has 4 aromatic carbocycles. The molecule has 0 aliphatic heterocycles. The highest BCUT2D eigenvalue weighted by atomic mass is 35.5. The summed E-state index contributed by atoms with van der Waals surface area (Å²) in [6.45, 7) is 3.37. The standard InChI is InChI=1S/C38H41Cl2N3O4S/c1-27-16-19-33(20-17-27)48(46,47)43(32-18-21-34(39)35(40)24-32)26-37(44)42(25-30-13-9-10-28(2)22-30)36(23-29-11-5-3-6-12-29)38(45)41-31-14-7-4-8-15-31/h3,5-6,9-13,16-22,24,31,36H,4,7-8,14-15,23,25-26H2,1-2H3,(H,41,45)/t36-/m0/s1. The van der Waals surface area contributed by atoms with Crippen LogP contribution in [0.4, 0.5) is 5.69 Å². The Morgan fingerprint density at radius 1 is 0.792 bits per heavy atom. The minimum atomic E-state index is -4.25. The molecule has 1 saturated carbocycles. The van der Waals surface area contributed by atoms with Crippen LogP contribution in [0, 0.1) is 13.8 Å². The number of nitrogens with zero attached hydrogens (tertiary/aromatic N) is 2. The molecule has 0 saturated heterocycles. The smallest absolute Gasteiger partial charge is 0.264 e. The zero-order chi connectivity index (χ0) is 34.3. The van der Waals surface area contributed by atoms with E-state index in [1.165, 1.54) is 35.2 Å². The molecule has 0 unspecified atom stereocenters. The molecule has 10 heteroatoms. The molecule has 0 spiro atoms. The van der Waals surface area contributed by atoms with E-state index in [0.717, 1.165) is 58.7 Å². The first-order valence-electron chi connectivity index (χ1n) is 16.2. The maximum Gasteiger partial charge on any atom is 0.264 e. The molecule has 0 aromatic heterocycles. The van der Waals surface area contributed by atoms with Gasteiger partial charge >= 0.3 is 0 Å². The van der Waals surface area contributed by atoms with E-state index in [0.29, 0.717) is 0 Å². The highest BCUT2D eigenvalue weighted by Gasteiger charge is 2.35. The van der Waals surface area contributed by atoms with Crippen LogP contribution in [0.15, 0.2) is 102 Å². The number of anilines is 1. The van der Waals surface area contributed by atoms with Gasteiger partial charge in [-0.05, 0) is 68.1 Å². The lowest BCUT2D eigenvalue weighted by Crippen LogP contribution is -2.55. The second kappa shape index (κ2) is 16.0. The average molecular weight is 707 g/mol. The van der Waals surface area contributed by atoms with Crippen molar-refractivity contribution in [2.24, 2.45) is 0 Å². The highest BCUT2D eigenvalue weighted by molar-refractivity contribution is 7.92. The number of carbonyl (C=O) groups is 2. The molecule has 1 N–H and O–H groups in total. The van der Waals surface area contributed by atoms with Gasteiger partial charge in [0.05, 0.1) is 20.6 Å². The SMILES string of the molecule is Cc1ccc(S(=O)(=O)N(CC(=O)N(Cc2cccc(C)c2)[C@@H](Cc2ccccc2)C(=O)NC2CCCCC2)c2ccc(Cl)c(Cl)c2)cc1. The molecule has 0 radical (unpaired) electrons.